The van der Waals surface area contributed by atoms with E-state index >= 15 is 0 Å². The number of benzene rings is 1. The summed E-state index contributed by atoms with van der Waals surface area (Å²) in [5.74, 6) is -0.475. The molecule has 0 aliphatic rings. The first kappa shape index (κ1) is 15.2. The second-order valence-electron chi connectivity index (χ2n) is 4.27. The van der Waals surface area contributed by atoms with Gasteiger partial charge in [0, 0.05) is 13.0 Å². The van der Waals surface area contributed by atoms with Crippen LogP contribution in [0.3, 0.4) is 0 Å². The van der Waals surface area contributed by atoms with Crippen molar-refractivity contribution in [3.05, 3.63) is 35.9 Å². The third-order valence-corrected chi connectivity index (χ3v) is 2.72. The number of rotatable bonds is 7. The Morgan fingerprint density at radius 2 is 2.00 bits per heavy atom. The zero-order valence-electron chi connectivity index (χ0n) is 11.1. The molecule has 19 heavy (non-hydrogen) atoms. The number of nitrogens with two attached hydrogens (primary N) is 1. The SMILES string of the molecule is COC(=O)CCCNC(=O)[C@@H](N)Cc1ccccc1. The zero-order chi connectivity index (χ0) is 14.1. The van der Waals surface area contributed by atoms with Crippen LogP contribution in [0.25, 0.3) is 0 Å². The van der Waals surface area contributed by atoms with Gasteiger partial charge in [-0.2, -0.15) is 0 Å². The zero-order valence-corrected chi connectivity index (χ0v) is 11.1. The largest absolute Gasteiger partial charge is 0.469 e. The molecular formula is C14H20N2O3. The molecule has 5 heteroatoms. The molecule has 0 heterocycles. The molecule has 1 atom stereocenters. The Morgan fingerprint density at radius 1 is 1.32 bits per heavy atom. The summed E-state index contributed by atoms with van der Waals surface area (Å²) in [5, 5.41) is 2.71. The molecule has 0 aliphatic carbocycles. The summed E-state index contributed by atoms with van der Waals surface area (Å²) in [6.45, 7) is 0.427. The lowest BCUT2D eigenvalue weighted by atomic mass is 10.1. The van der Waals surface area contributed by atoms with Crippen LogP contribution in [0.5, 0.6) is 0 Å². The van der Waals surface area contributed by atoms with Gasteiger partial charge in [-0.1, -0.05) is 30.3 Å². The van der Waals surface area contributed by atoms with Crippen LogP contribution in [-0.4, -0.2) is 31.6 Å². The predicted molar refractivity (Wildman–Crippen MR) is 72.4 cm³/mol. The molecule has 0 aliphatic heterocycles. The number of esters is 1. The fourth-order valence-electron chi connectivity index (χ4n) is 1.64. The van der Waals surface area contributed by atoms with Gasteiger partial charge in [0.25, 0.3) is 0 Å². The molecule has 0 radical (unpaired) electrons. The Bertz CT molecular complexity index is 406. The Kier molecular flexibility index (Phi) is 6.60. The molecule has 0 bridgehead atoms. The Morgan fingerprint density at radius 3 is 2.63 bits per heavy atom. The number of ether oxygens (including phenoxy) is 1. The van der Waals surface area contributed by atoms with Crippen molar-refractivity contribution < 1.29 is 14.3 Å². The van der Waals surface area contributed by atoms with Crippen LogP contribution in [0, 0.1) is 0 Å². The van der Waals surface area contributed by atoms with Crippen molar-refractivity contribution in [2.24, 2.45) is 5.73 Å². The molecular weight excluding hydrogens is 244 g/mol. The highest BCUT2D eigenvalue weighted by molar-refractivity contribution is 5.81. The van der Waals surface area contributed by atoms with E-state index in [1.54, 1.807) is 0 Å². The maximum atomic E-state index is 11.7. The predicted octanol–water partition coefficient (Wildman–Crippen LogP) is 0.626. The van der Waals surface area contributed by atoms with Gasteiger partial charge in [-0.15, -0.1) is 0 Å². The minimum absolute atomic E-state index is 0.200. The van der Waals surface area contributed by atoms with E-state index < -0.39 is 6.04 Å². The number of hydrogen-bond donors (Lipinski definition) is 2. The van der Waals surface area contributed by atoms with Crippen LogP contribution < -0.4 is 11.1 Å². The normalized spacial score (nSPS) is 11.7. The smallest absolute Gasteiger partial charge is 0.305 e. The monoisotopic (exact) mass is 264 g/mol. The van der Waals surface area contributed by atoms with Gasteiger partial charge in [-0.3, -0.25) is 9.59 Å². The van der Waals surface area contributed by atoms with Crippen LogP contribution in [0.4, 0.5) is 0 Å². The molecule has 0 saturated carbocycles. The average Bonchev–Trinajstić information content (AvgIpc) is 2.44. The van der Waals surface area contributed by atoms with E-state index in [0.29, 0.717) is 25.8 Å². The van der Waals surface area contributed by atoms with Crippen molar-refractivity contribution in [3.63, 3.8) is 0 Å². The molecule has 104 valence electrons. The number of amides is 1. The second-order valence-corrected chi connectivity index (χ2v) is 4.27. The quantitative estimate of drug-likeness (QED) is 0.559. The standard InChI is InChI=1S/C14H20N2O3/c1-19-13(17)8-5-9-16-14(18)12(15)10-11-6-3-2-4-7-11/h2-4,6-7,12H,5,8-10,15H2,1H3,(H,16,18)/t12-/m0/s1. The van der Waals surface area contributed by atoms with Crippen molar-refractivity contribution >= 4 is 11.9 Å². The topological polar surface area (TPSA) is 81.4 Å². The Balaban J connectivity index is 2.24. The van der Waals surface area contributed by atoms with Gasteiger partial charge >= 0.3 is 5.97 Å². The highest BCUT2D eigenvalue weighted by Gasteiger charge is 2.13. The van der Waals surface area contributed by atoms with Crippen LogP contribution in [0.2, 0.25) is 0 Å². The lowest BCUT2D eigenvalue weighted by molar-refractivity contribution is -0.140. The molecule has 5 nitrogen and oxygen atoms in total. The average molecular weight is 264 g/mol. The third kappa shape index (κ3) is 6.01. The van der Waals surface area contributed by atoms with Crippen molar-refractivity contribution in [1.29, 1.82) is 0 Å². The molecule has 3 N–H and O–H groups in total. The van der Waals surface area contributed by atoms with E-state index in [4.69, 9.17) is 5.73 Å². The van der Waals surface area contributed by atoms with Crippen LogP contribution in [0.15, 0.2) is 30.3 Å². The summed E-state index contributed by atoms with van der Waals surface area (Å²) < 4.78 is 4.51. The molecule has 0 saturated heterocycles. The molecule has 1 amide bonds. The van der Waals surface area contributed by atoms with E-state index in [2.05, 4.69) is 10.1 Å². The summed E-state index contributed by atoms with van der Waals surface area (Å²) in [6.07, 6.45) is 1.35. The van der Waals surface area contributed by atoms with Gasteiger partial charge in [0.2, 0.25) is 5.91 Å². The minimum Gasteiger partial charge on any atom is -0.469 e. The Hall–Kier alpha value is -1.88. The number of methoxy groups -OCH3 is 1. The summed E-state index contributed by atoms with van der Waals surface area (Å²) in [5.41, 5.74) is 6.84. The van der Waals surface area contributed by atoms with E-state index in [1.165, 1.54) is 7.11 Å². The van der Waals surface area contributed by atoms with E-state index in [9.17, 15) is 9.59 Å². The van der Waals surface area contributed by atoms with Crippen molar-refractivity contribution in [3.8, 4) is 0 Å². The van der Waals surface area contributed by atoms with Gasteiger partial charge < -0.3 is 15.8 Å². The molecule has 1 aromatic rings. The van der Waals surface area contributed by atoms with Gasteiger partial charge in [-0.05, 0) is 18.4 Å². The lowest BCUT2D eigenvalue weighted by Gasteiger charge is -2.12. The number of carbonyl (C=O) groups excluding carboxylic acids is 2. The minimum atomic E-state index is -0.569. The molecule has 0 spiro atoms. The molecule has 0 unspecified atom stereocenters. The summed E-state index contributed by atoms with van der Waals surface area (Å²) in [6, 6.07) is 9.05. The highest BCUT2D eigenvalue weighted by atomic mass is 16.5. The Labute approximate surface area is 113 Å². The molecule has 1 rings (SSSR count). The maximum absolute atomic E-state index is 11.7. The first-order valence-corrected chi connectivity index (χ1v) is 6.27. The molecule has 1 aromatic carbocycles. The van der Waals surface area contributed by atoms with E-state index in [-0.39, 0.29) is 11.9 Å². The maximum Gasteiger partial charge on any atom is 0.305 e. The van der Waals surface area contributed by atoms with Crippen LogP contribution in [-0.2, 0) is 20.7 Å². The van der Waals surface area contributed by atoms with Gasteiger partial charge in [0.1, 0.15) is 0 Å². The van der Waals surface area contributed by atoms with Crippen LogP contribution in [0.1, 0.15) is 18.4 Å². The molecule has 0 aromatic heterocycles. The number of nitrogens with one attached hydrogen (secondary N) is 1. The summed E-state index contributed by atoms with van der Waals surface area (Å²) in [7, 11) is 1.34. The molecule has 0 fully saturated rings. The van der Waals surface area contributed by atoms with E-state index in [0.717, 1.165) is 5.56 Å². The fourth-order valence-corrected chi connectivity index (χ4v) is 1.64. The van der Waals surface area contributed by atoms with Gasteiger partial charge in [-0.25, -0.2) is 0 Å². The highest BCUT2D eigenvalue weighted by Crippen LogP contribution is 2.01. The van der Waals surface area contributed by atoms with E-state index in [1.807, 2.05) is 30.3 Å². The van der Waals surface area contributed by atoms with Crippen molar-refractivity contribution in [1.82, 2.24) is 5.32 Å². The summed E-state index contributed by atoms with van der Waals surface area (Å²) in [4.78, 5) is 22.6. The second kappa shape index (κ2) is 8.26. The van der Waals surface area contributed by atoms with Crippen LogP contribution >= 0.6 is 0 Å². The van der Waals surface area contributed by atoms with Crippen molar-refractivity contribution in [2.75, 3.05) is 13.7 Å². The number of carbonyl (C=O) groups is 2. The van der Waals surface area contributed by atoms with Crippen molar-refractivity contribution in [2.45, 2.75) is 25.3 Å². The lowest BCUT2D eigenvalue weighted by Crippen LogP contribution is -2.42. The third-order valence-electron chi connectivity index (χ3n) is 2.72. The van der Waals surface area contributed by atoms with Gasteiger partial charge in [0.15, 0.2) is 0 Å². The first-order chi connectivity index (χ1) is 9.13. The first-order valence-electron chi connectivity index (χ1n) is 6.27. The summed E-state index contributed by atoms with van der Waals surface area (Å²) >= 11 is 0. The number of hydrogen-bond acceptors (Lipinski definition) is 4. The van der Waals surface area contributed by atoms with Gasteiger partial charge in [0.05, 0.1) is 13.2 Å². The fraction of sp³-hybridized carbons (Fsp3) is 0.429.